The molecule has 0 spiro atoms. The lowest BCUT2D eigenvalue weighted by atomic mass is 10.2. The van der Waals surface area contributed by atoms with Crippen LogP contribution in [0, 0.1) is 0 Å². The third-order valence-corrected chi connectivity index (χ3v) is 3.30. The summed E-state index contributed by atoms with van der Waals surface area (Å²) in [6, 6.07) is 2.90. The number of rotatable bonds is 4. The molecule has 112 valence electrons. The van der Waals surface area contributed by atoms with Gasteiger partial charge >= 0.3 is 5.97 Å². The van der Waals surface area contributed by atoms with Gasteiger partial charge in [0, 0.05) is 20.1 Å². The number of carbonyl (C=O) groups excluding carboxylic acids is 1. The van der Waals surface area contributed by atoms with Gasteiger partial charge in [-0.1, -0.05) is 23.2 Å². The van der Waals surface area contributed by atoms with Gasteiger partial charge in [0.05, 0.1) is 6.10 Å². The zero-order chi connectivity index (χ0) is 13.8. The molecule has 0 aliphatic carbocycles. The molecule has 1 aliphatic heterocycles. The van der Waals surface area contributed by atoms with Gasteiger partial charge in [0.15, 0.2) is 0 Å². The summed E-state index contributed by atoms with van der Waals surface area (Å²) in [7, 11) is 1.63. The van der Waals surface area contributed by atoms with Crippen LogP contribution in [-0.4, -0.2) is 36.8 Å². The molecule has 0 bridgehead atoms. The van der Waals surface area contributed by atoms with Crippen LogP contribution < -0.4 is 5.32 Å². The second-order valence-electron chi connectivity index (χ2n) is 4.28. The zero-order valence-electron chi connectivity index (χ0n) is 10.8. The van der Waals surface area contributed by atoms with Gasteiger partial charge in [0.1, 0.15) is 23.0 Å². The minimum Gasteiger partial charge on any atom is -0.460 e. The summed E-state index contributed by atoms with van der Waals surface area (Å²) in [5.41, 5.74) is 0.708. The summed E-state index contributed by atoms with van der Waals surface area (Å²) in [5.74, 6) is -0.302. The summed E-state index contributed by atoms with van der Waals surface area (Å²) in [6.45, 7) is 0.778. The summed E-state index contributed by atoms with van der Waals surface area (Å²) in [4.78, 5) is 15.6. The molecule has 2 heterocycles. The second kappa shape index (κ2) is 8.00. The van der Waals surface area contributed by atoms with Crippen LogP contribution in [0.3, 0.4) is 0 Å². The molecule has 1 aliphatic rings. The Bertz CT molecular complexity index is 453. The first-order valence-electron chi connectivity index (χ1n) is 5.83. The first-order valence-corrected chi connectivity index (χ1v) is 6.59. The number of ether oxygens (including phenoxy) is 2. The number of nitrogens with one attached hydrogen (secondary N) is 1. The van der Waals surface area contributed by atoms with Gasteiger partial charge < -0.3 is 14.8 Å². The van der Waals surface area contributed by atoms with E-state index in [2.05, 4.69) is 10.3 Å². The molecule has 1 fully saturated rings. The number of methoxy groups -OCH3 is 1. The molecule has 1 N–H and O–H groups in total. The molecular weight excluding hydrogens is 327 g/mol. The van der Waals surface area contributed by atoms with Crippen LogP contribution in [0.2, 0.25) is 10.3 Å². The Morgan fingerprint density at radius 3 is 2.65 bits per heavy atom. The molecule has 2 rings (SSSR count). The van der Waals surface area contributed by atoms with E-state index in [-0.39, 0.29) is 47.4 Å². The van der Waals surface area contributed by atoms with Gasteiger partial charge in [0.25, 0.3) is 0 Å². The molecule has 8 heteroatoms. The van der Waals surface area contributed by atoms with Crippen LogP contribution in [0.25, 0.3) is 0 Å². The Morgan fingerprint density at radius 1 is 1.45 bits per heavy atom. The van der Waals surface area contributed by atoms with Crippen molar-refractivity contribution in [3.8, 4) is 0 Å². The van der Waals surface area contributed by atoms with Crippen molar-refractivity contribution >= 4 is 41.6 Å². The Balaban J connectivity index is 0.00000200. The molecule has 20 heavy (non-hydrogen) atoms. The summed E-state index contributed by atoms with van der Waals surface area (Å²) in [6.07, 6.45) is 0.676. The average Bonchev–Trinajstić information content (AvgIpc) is 2.83. The van der Waals surface area contributed by atoms with Crippen molar-refractivity contribution < 1.29 is 14.3 Å². The number of nitrogens with zero attached hydrogens (tertiary/aromatic N) is 1. The van der Waals surface area contributed by atoms with E-state index in [1.807, 2.05) is 0 Å². The maximum Gasteiger partial charge on any atom is 0.323 e. The van der Waals surface area contributed by atoms with Crippen molar-refractivity contribution in [2.75, 3.05) is 13.7 Å². The van der Waals surface area contributed by atoms with Gasteiger partial charge in [-0.3, -0.25) is 4.79 Å². The Hall–Kier alpha value is -0.590. The topological polar surface area (TPSA) is 60.5 Å². The van der Waals surface area contributed by atoms with E-state index in [9.17, 15) is 4.79 Å². The highest BCUT2D eigenvalue weighted by molar-refractivity contribution is 6.32. The Kier molecular flexibility index (Phi) is 6.99. The fourth-order valence-electron chi connectivity index (χ4n) is 1.91. The van der Waals surface area contributed by atoms with E-state index in [4.69, 9.17) is 32.7 Å². The van der Waals surface area contributed by atoms with Crippen LogP contribution in [-0.2, 0) is 20.9 Å². The monoisotopic (exact) mass is 340 g/mol. The number of halogens is 3. The summed E-state index contributed by atoms with van der Waals surface area (Å²) < 4.78 is 10.4. The van der Waals surface area contributed by atoms with Crippen molar-refractivity contribution in [3.05, 3.63) is 28.0 Å². The lowest BCUT2D eigenvalue weighted by Gasteiger charge is -2.10. The second-order valence-corrected chi connectivity index (χ2v) is 5.06. The van der Waals surface area contributed by atoms with Crippen LogP contribution in [0.4, 0.5) is 0 Å². The summed E-state index contributed by atoms with van der Waals surface area (Å²) >= 11 is 11.5. The quantitative estimate of drug-likeness (QED) is 0.672. The Labute approximate surface area is 133 Å². The minimum atomic E-state index is -0.322. The molecule has 0 unspecified atom stereocenters. The van der Waals surface area contributed by atoms with Gasteiger partial charge in [-0.25, -0.2) is 4.98 Å². The molecule has 1 aromatic rings. The van der Waals surface area contributed by atoms with Crippen LogP contribution >= 0.6 is 35.6 Å². The third-order valence-electron chi connectivity index (χ3n) is 2.91. The highest BCUT2D eigenvalue weighted by atomic mass is 35.5. The molecule has 0 aromatic carbocycles. The molecule has 2 atom stereocenters. The van der Waals surface area contributed by atoms with Crippen molar-refractivity contribution in [3.63, 3.8) is 0 Å². The van der Waals surface area contributed by atoms with E-state index in [0.717, 1.165) is 0 Å². The predicted molar refractivity (Wildman–Crippen MR) is 78.5 cm³/mol. The number of hydrogen-bond acceptors (Lipinski definition) is 5. The minimum absolute atomic E-state index is 0. The van der Waals surface area contributed by atoms with Crippen LogP contribution in [0.15, 0.2) is 12.1 Å². The van der Waals surface area contributed by atoms with E-state index in [1.54, 1.807) is 19.2 Å². The first kappa shape index (κ1) is 17.5. The fraction of sp³-hybridized carbons (Fsp3) is 0.500. The van der Waals surface area contributed by atoms with Gasteiger partial charge in [-0.15, -0.1) is 12.4 Å². The number of hydrogen-bond donors (Lipinski definition) is 1. The lowest BCUT2D eigenvalue weighted by Crippen LogP contribution is -2.32. The first-order chi connectivity index (χ1) is 9.08. The lowest BCUT2D eigenvalue weighted by molar-refractivity contribution is -0.147. The van der Waals surface area contributed by atoms with E-state index in [0.29, 0.717) is 18.5 Å². The standard InChI is InChI=1S/C12H14Cl2N2O3.ClH/c1-18-8-4-9(15-5-8)12(17)19-6-7-2-10(13)16-11(14)3-7;/h2-3,8-9,15H,4-6H2,1H3;1H/t8-,9-;/m0./s1. The van der Waals surface area contributed by atoms with Gasteiger partial charge in [0.2, 0.25) is 0 Å². The predicted octanol–water partition coefficient (Wildman–Crippen LogP) is 2.23. The number of carbonyl (C=O) groups is 1. The normalized spacial score (nSPS) is 21.4. The van der Waals surface area contributed by atoms with E-state index >= 15 is 0 Å². The number of aromatic nitrogens is 1. The molecular formula is C12H15Cl3N2O3. The molecule has 5 nitrogen and oxygen atoms in total. The van der Waals surface area contributed by atoms with Crippen molar-refractivity contribution in [1.29, 1.82) is 0 Å². The third kappa shape index (κ3) is 4.75. The maximum absolute atomic E-state index is 11.8. The zero-order valence-corrected chi connectivity index (χ0v) is 13.1. The van der Waals surface area contributed by atoms with Crippen LogP contribution in [0.1, 0.15) is 12.0 Å². The highest BCUT2D eigenvalue weighted by Crippen LogP contribution is 2.16. The van der Waals surface area contributed by atoms with Gasteiger partial charge in [-0.2, -0.15) is 0 Å². The van der Waals surface area contributed by atoms with Gasteiger partial charge in [-0.05, 0) is 17.7 Å². The van der Waals surface area contributed by atoms with Crippen molar-refractivity contribution in [1.82, 2.24) is 10.3 Å². The highest BCUT2D eigenvalue weighted by Gasteiger charge is 2.30. The maximum atomic E-state index is 11.8. The van der Waals surface area contributed by atoms with Crippen LogP contribution in [0.5, 0.6) is 0 Å². The molecule has 0 amide bonds. The van der Waals surface area contributed by atoms with E-state index in [1.165, 1.54) is 0 Å². The van der Waals surface area contributed by atoms with Crippen molar-refractivity contribution in [2.45, 2.75) is 25.2 Å². The average molecular weight is 342 g/mol. The Morgan fingerprint density at radius 2 is 2.10 bits per heavy atom. The largest absolute Gasteiger partial charge is 0.460 e. The number of esters is 1. The summed E-state index contributed by atoms with van der Waals surface area (Å²) in [5, 5.41) is 3.60. The molecule has 1 saturated heterocycles. The molecule has 0 saturated carbocycles. The smallest absolute Gasteiger partial charge is 0.323 e. The van der Waals surface area contributed by atoms with Crippen molar-refractivity contribution in [2.24, 2.45) is 0 Å². The molecule has 1 aromatic heterocycles. The molecule has 0 radical (unpaired) electrons. The SMILES string of the molecule is CO[C@@H]1CN[C@H](C(=O)OCc2cc(Cl)nc(Cl)c2)C1.Cl. The number of pyridine rings is 1. The fourth-order valence-corrected chi connectivity index (χ4v) is 2.42. The van der Waals surface area contributed by atoms with E-state index < -0.39 is 0 Å².